The molecule has 1 atom stereocenters. The number of alkyl halides is 3. The van der Waals surface area contributed by atoms with Crippen molar-refractivity contribution in [1.82, 2.24) is 14.8 Å². The van der Waals surface area contributed by atoms with Crippen LogP contribution in [0.1, 0.15) is 24.2 Å². The lowest BCUT2D eigenvalue weighted by atomic mass is 10.1. The molecular formula is C13H13F4N3S. The number of hydrogen-bond acceptors (Lipinski definition) is 3. The first kappa shape index (κ1) is 15.8. The van der Waals surface area contributed by atoms with Gasteiger partial charge in [0, 0.05) is 5.25 Å². The lowest BCUT2D eigenvalue weighted by Crippen LogP contribution is -2.17. The number of halogens is 4. The molecule has 8 heteroatoms. The van der Waals surface area contributed by atoms with E-state index in [0.29, 0.717) is 6.42 Å². The normalized spacial score (nSPS) is 13.4. The Labute approximate surface area is 123 Å². The van der Waals surface area contributed by atoms with Crippen molar-refractivity contribution in [2.75, 3.05) is 0 Å². The minimum absolute atomic E-state index is 0.109. The summed E-state index contributed by atoms with van der Waals surface area (Å²) in [6.07, 6.45) is -2.59. The van der Waals surface area contributed by atoms with Gasteiger partial charge in [-0.15, -0.1) is 10.2 Å². The van der Waals surface area contributed by atoms with Gasteiger partial charge in [0.1, 0.15) is 18.7 Å². The number of hydrogen-bond donors (Lipinski definition) is 0. The van der Waals surface area contributed by atoms with Crippen molar-refractivity contribution in [2.45, 2.75) is 36.5 Å². The van der Waals surface area contributed by atoms with Gasteiger partial charge in [0.15, 0.2) is 5.16 Å². The highest BCUT2D eigenvalue weighted by atomic mass is 32.2. The van der Waals surface area contributed by atoms with Gasteiger partial charge in [0.2, 0.25) is 0 Å². The monoisotopic (exact) mass is 319 g/mol. The van der Waals surface area contributed by atoms with E-state index in [0.717, 1.165) is 16.5 Å². The highest BCUT2D eigenvalue weighted by Crippen LogP contribution is 2.37. The van der Waals surface area contributed by atoms with E-state index in [1.54, 1.807) is 12.1 Å². The first-order valence-electron chi connectivity index (χ1n) is 6.25. The van der Waals surface area contributed by atoms with Gasteiger partial charge in [-0.1, -0.05) is 30.8 Å². The Morgan fingerprint density at radius 3 is 2.48 bits per heavy atom. The summed E-state index contributed by atoms with van der Waals surface area (Å²) in [6, 6.07) is 5.92. The Bertz CT molecular complexity index is 580. The highest BCUT2D eigenvalue weighted by Gasteiger charge is 2.29. The van der Waals surface area contributed by atoms with Crippen molar-refractivity contribution < 1.29 is 17.6 Å². The Balaban J connectivity index is 2.16. The van der Waals surface area contributed by atoms with E-state index < -0.39 is 12.7 Å². The molecule has 0 saturated carbocycles. The summed E-state index contributed by atoms with van der Waals surface area (Å²) in [4.78, 5) is 0. The molecule has 0 bridgehead atoms. The summed E-state index contributed by atoms with van der Waals surface area (Å²) in [7, 11) is 0. The van der Waals surface area contributed by atoms with Crippen molar-refractivity contribution in [2.24, 2.45) is 0 Å². The van der Waals surface area contributed by atoms with Gasteiger partial charge in [-0.3, -0.25) is 4.57 Å². The fourth-order valence-electron chi connectivity index (χ4n) is 1.83. The third-order valence-corrected chi connectivity index (χ3v) is 4.21. The summed E-state index contributed by atoms with van der Waals surface area (Å²) >= 11 is 1.19. The Kier molecular flexibility index (Phi) is 4.87. The molecule has 2 aromatic rings. The average Bonchev–Trinajstić information content (AvgIpc) is 2.82. The number of aromatic nitrogens is 3. The second-order valence-corrected chi connectivity index (χ2v) is 5.59. The van der Waals surface area contributed by atoms with Crippen molar-refractivity contribution in [3.8, 4) is 0 Å². The van der Waals surface area contributed by atoms with E-state index in [4.69, 9.17) is 0 Å². The maximum absolute atomic E-state index is 12.9. The minimum atomic E-state index is -4.32. The second kappa shape index (κ2) is 6.46. The third kappa shape index (κ3) is 4.45. The Morgan fingerprint density at radius 2 is 1.90 bits per heavy atom. The molecule has 0 radical (unpaired) electrons. The smallest absolute Gasteiger partial charge is 0.299 e. The van der Waals surface area contributed by atoms with Crippen molar-refractivity contribution in [1.29, 1.82) is 0 Å². The molecule has 0 amide bonds. The van der Waals surface area contributed by atoms with E-state index in [1.165, 1.54) is 23.9 Å². The van der Waals surface area contributed by atoms with Gasteiger partial charge in [0.25, 0.3) is 0 Å². The quantitative estimate of drug-likeness (QED) is 0.610. The van der Waals surface area contributed by atoms with E-state index in [1.807, 2.05) is 6.92 Å². The molecule has 21 heavy (non-hydrogen) atoms. The molecule has 0 saturated heterocycles. The van der Waals surface area contributed by atoms with Crippen LogP contribution in [0.3, 0.4) is 0 Å². The van der Waals surface area contributed by atoms with Crippen LogP contribution in [0.2, 0.25) is 0 Å². The van der Waals surface area contributed by atoms with Crippen LogP contribution < -0.4 is 0 Å². The lowest BCUT2D eigenvalue weighted by Gasteiger charge is -2.15. The predicted octanol–water partition coefficient (Wildman–Crippen LogP) is 4.22. The van der Waals surface area contributed by atoms with Gasteiger partial charge in [-0.05, 0) is 24.1 Å². The number of thioether (sulfide) groups is 1. The van der Waals surface area contributed by atoms with Crippen LogP contribution in [0.4, 0.5) is 17.6 Å². The van der Waals surface area contributed by atoms with Gasteiger partial charge >= 0.3 is 6.18 Å². The molecule has 0 N–H and O–H groups in total. The second-order valence-electron chi connectivity index (χ2n) is 4.42. The molecule has 3 nitrogen and oxygen atoms in total. The van der Waals surface area contributed by atoms with E-state index in [9.17, 15) is 17.6 Å². The molecule has 0 unspecified atom stereocenters. The fraction of sp³-hybridized carbons (Fsp3) is 0.385. The lowest BCUT2D eigenvalue weighted by molar-refractivity contribution is -0.142. The summed E-state index contributed by atoms with van der Waals surface area (Å²) in [5, 5.41) is 7.35. The third-order valence-electron chi connectivity index (χ3n) is 2.79. The average molecular weight is 319 g/mol. The largest absolute Gasteiger partial charge is 0.406 e. The molecular weight excluding hydrogens is 306 g/mol. The van der Waals surface area contributed by atoms with E-state index in [2.05, 4.69) is 10.2 Å². The van der Waals surface area contributed by atoms with Crippen LogP contribution in [0.25, 0.3) is 0 Å². The van der Waals surface area contributed by atoms with Crippen molar-refractivity contribution >= 4 is 11.8 Å². The molecule has 2 rings (SSSR count). The molecule has 0 aliphatic rings. The van der Waals surface area contributed by atoms with Crippen LogP contribution >= 0.6 is 11.8 Å². The molecule has 0 fully saturated rings. The Morgan fingerprint density at radius 1 is 1.24 bits per heavy atom. The number of benzene rings is 1. The van der Waals surface area contributed by atoms with Crippen LogP contribution in [-0.4, -0.2) is 20.9 Å². The number of nitrogens with zero attached hydrogens (tertiary/aromatic N) is 3. The predicted molar refractivity (Wildman–Crippen MR) is 71.4 cm³/mol. The maximum Gasteiger partial charge on any atom is 0.406 e. The molecule has 114 valence electrons. The highest BCUT2D eigenvalue weighted by molar-refractivity contribution is 7.99. The van der Waals surface area contributed by atoms with Gasteiger partial charge < -0.3 is 0 Å². The summed E-state index contributed by atoms with van der Waals surface area (Å²) in [5.41, 5.74) is 0.838. The van der Waals surface area contributed by atoms with Crippen LogP contribution in [-0.2, 0) is 6.54 Å². The van der Waals surface area contributed by atoms with Crippen LogP contribution in [0, 0.1) is 5.82 Å². The topological polar surface area (TPSA) is 30.7 Å². The molecule has 1 aromatic heterocycles. The molecule has 0 aliphatic heterocycles. The summed E-state index contributed by atoms with van der Waals surface area (Å²) in [6.45, 7) is 0.785. The number of rotatable bonds is 5. The van der Waals surface area contributed by atoms with Crippen LogP contribution in [0.5, 0.6) is 0 Å². The molecule has 0 aliphatic carbocycles. The van der Waals surface area contributed by atoms with Gasteiger partial charge in [-0.2, -0.15) is 13.2 Å². The first-order valence-corrected chi connectivity index (χ1v) is 7.13. The van der Waals surface area contributed by atoms with Crippen molar-refractivity contribution in [3.05, 3.63) is 42.0 Å². The first-order chi connectivity index (χ1) is 9.89. The SMILES string of the molecule is CC[C@H](Sc1nncn1CC(F)(F)F)c1ccc(F)cc1. The zero-order valence-corrected chi connectivity index (χ0v) is 12.0. The maximum atomic E-state index is 12.9. The zero-order valence-electron chi connectivity index (χ0n) is 11.1. The molecule has 1 heterocycles. The fourth-order valence-corrected chi connectivity index (χ4v) is 2.88. The Hall–Kier alpha value is -1.57. The van der Waals surface area contributed by atoms with E-state index >= 15 is 0 Å². The van der Waals surface area contributed by atoms with Gasteiger partial charge in [0.05, 0.1) is 0 Å². The van der Waals surface area contributed by atoms with Crippen molar-refractivity contribution in [3.63, 3.8) is 0 Å². The molecule has 1 aromatic carbocycles. The van der Waals surface area contributed by atoms with E-state index in [-0.39, 0.29) is 16.2 Å². The zero-order chi connectivity index (χ0) is 15.5. The minimum Gasteiger partial charge on any atom is -0.299 e. The van der Waals surface area contributed by atoms with Crippen LogP contribution in [0.15, 0.2) is 35.7 Å². The molecule has 0 spiro atoms. The summed E-state index contributed by atoms with van der Waals surface area (Å²) < 4.78 is 51.3. The van der Waals surface area contributed by atoms with Gasteiger partial charge in [-0.25, -0.2) is 4.39 Å². The standard InChI is InChI=1S/C13H13F4N3S/c1-2-11(9-3-5-10(14)6-4-9)21-12-19-18-8-20(12)7-13(15,16)17/h3-6,8,11H,2,7H2,1H3/t11-/m0/s1. The summed E-state index contributed by atoms with van der Waals surface area (Å²) in [5.74, 6) is -0.348.